The first-order valence-electron chi connectivity index (χ1n) is 8.62. The first kappa shape index (κ1) is 19.5. The highest BCUT2D eigenvalue weighted by Gasteiger charge is 2.13. The molecule has 0 aliphatic carbocycles. The van der Waals surface area contributed by atoms with Gasteiger partial charge in [0.05, 0.1) is 4.90 Å². The highest BCUT2D eigenvalue weighted by molar-refractivity contribution is 7.89. The molecule has 25 heavy (non-hydrogen) atoms. The summed E-state index contributed by atoms with van der Waals surface area (Å²) >= 11 is 0. The van der Waals surface area contributed by atoms with Crippen LogP contribution in [0.25, 0.3) is 0 Å². The van der Waals surface area contributed by atoms with E-state index in [2.05, 4.69) is 38.5 Å². The lowest BCUT2D eigenvalue weighted by atomic mass is 10.0. The van der Waals surface area contributed by atoms with Crippen LogP contribution in [0.3, 0.4) is 0 Å². The minimum absolute atomic E-state index is 0.222. The van der Waals surface area contributed by atoms with Crippen molar-refractivity contribution in [3.63, 3.8) is 0 Å². The summed E-state index contributed by atoms with van der Waals surface area (Å²) in [7, 11) is -3.51. The third-order valence-corrected chi connectivity index (χ3v) is 5.52. The average molecular weight is 362 g/mol. The lowest BCUT2D eigenvalue weighted by Gasteiger charge is -2.11. The van der Waals surface area contributed by atoms with Crippen molar-refractivity contribution in [2.75, 3.05) is 13.2 Å². The molecule has 0 aromatic heterocycles. The van der Waals surface area contributed by atoms with Gasteiger partial charge < -0.3 is 4.74 Å². The Bertz CT molecular complexity index is 781. The van der Waals surface area contributed by atoms with E-state index >= 15 is 0 Å². The van der Waals surface area contributed by atoms with Crippen LogP contribution in [0.5, 0.6) is 5.75 Å². The van der Waals surface area contributed by atoms with Crippen LogP contribution in [-0.2, 0) is 10.0 Å². The van der Waals surface area contributed by atoms with Crippen molar-refractivity contribution < 1.29 is 13.2 Å². The van der Waals surface area contributed by atoms with Crippen molar-refractivity contribution in [1.29, 1.82) is 0 Å². The van der Waals surface area contributed by atoms with Gasteiger partial charge in [0.25, 0.3) is 0 Å². The fraction of sp³-hybridized carbons (Fsp3) is 0.400. The number of hydrogen-bond acceptors (Lipinski definition) is 3. The number of nitrogens with one attached hydrogen (secondary N) is 1. The minimum Gasteiger partial charge on any atom is -0.492 e. The van der Waals surface area contributed by atoms with Crippen molar-refractivity contribution in [2.24, 2.45) is 0 Å². The summed E-state index contributed by atoms with van der Waals surface area (Å²) in [6, 6.07) is 14.9. The van der Waals surface area contributed by atoms with Gasteiger partial charge in [-0.15, -0.1) is 0 Å². The summed E-state index contributed by atoms with van der Waals surface area (Å²) in [6.45, 7) is 8.90. The predicted molar refractivity (Wildman–Crippen MR) is 102 cm³/mol. The zero-order valence-electron chi connectivity index (χ0n) is 15.3. The lowest BCUT2D eigenvalue weighted by Crippen LogP contribution is -2.28. The van der Waals surface area contributed by atoms with Gasteiger partial charge in [0, 0.05) is 6.54 Å². The van der Waals surface area contributed by atoms with Crippen LogP contribution in [0.2, 0.25) is 0 Å². The monoisotopic (exact) mass is 361 g/mol. The summed E-state index contributed by atoms with van der Waals surface area (Å²) in [4.78, 5) is 0.277. The number of benzene rings is 2. The SMILES string of the molecule is CC(C)c1ccc(S(=O)(=O)NCCOc2cccc(C(C)C)c2)cc1. The van der Waals surface area contributed by atoms with E-state index < -0.39 is 10.0 Å². The maximum atomic E-state index is 12.3. The van der Waals surface area contributed by atoms with Crippen molar-refractivity contribution >= 4 is 10.0 Å². The molecule has 2 aromatic carbocycles. The van der Waals surface area contributed by atoms with E-state index in [-0.39, 0.29) is 18.0 Å². The van der Waals surface area contributed by atoms with E-state index in [0.717, 1.165) is 11.3 Å². The molecule has 2 aromatic rings. The van der Waals surface area contributed by atoms with Crippen LogP contribution in [0.15, 0.2) is 53.4 Å². The molecule has 0 amide bonds. The first-order chi connectivity index (χ1) is 11.8. The average Bonchev–Trinajstić information content (AvgIpc) is 2.59. The van der Waals surface area contributed by atoms with Gasteiger partial charge >= 0.3 is 0 Å². The van der Waals surface area contributed by atoms with E-state index in [1.807, 2.05) is 30.3 Å². The molecular formula is C20H27NO3S. The summed E-state index contributed by atoms with van der Waals surface area (Å²) in [5, 5.41) is 0. The molecule has 5 heteroatoms. The molecular weight excluding hydrogens is 334 g/mol. The molecule has 2 rings (SSSR count). The smallest absolute Gasteiger partial charge is 0.240 e. The van der Waals surface area contributed by atoms with E-state index in [0.29, 0.717) is 11.8 Å². The van der Waals surface area contributed by atoms with Gasteiger partial charge in [0.15, 0.2) is 0 Å². The second kappa shape index (κ2) is 8.50. The molecule has 0 heterocycles. The first-order valence-corrected chi connectivity index (χ1v) is 10.1. The fourth-order valence-corrected chi connectivity index (χ4v) is 3.44. The minimum atomic E-state index is -3.51. The van der Waals surface area contributed by atoms with Crippen LogP contribution in [0, 0.1) is 0 Å². The second-order valence-electron chi connectivity index (χ2n) is 6.70. The van der Waals surface area contributed by atoms with Gasteiger partial charge in [-0.05, 0) is 47.2 Å². The summed E-state index contributed by atoms with van der Waals surface area (Å²) in [6.07, 6.45) is 0. The lowest BCUT2D eigenvalue weighted by molar-refractivity contribution is 0.322. The van der Waals surface area contributed by atoms with Crippen LogP contribution in [-0.4, -0.2) is 21.6 Å². The maximum absolute atomic E-state index is 12.3. The van der Waals surface area contributed by atoms with Gasteiger partial charge in [-0.3, -0.25) is 0 Å². The van der Waals surface area contributed by atoms with E-state index in [4.69, 9.17) is 4.74 Å². The highest BCUT2D eigenvalue weighted by atomic mass is 32.2. The van der Waals surface area contributed by atoms with E-state index in [9.17, 15) is 8.42 Å². The van der Waals surface area contributed by atoms with Crippen LogP contribution in [0.4, 0.5) is 0 Å². The molecule has 0 saturated heterocycles. The molecule has 0 fully saturated rings. The van der Waals surface area contributed by atoms with Crippen molar-refractivity contribution in [3.8, 4) is 5.75 Å². The topological polar surface area (TPSA) is 55.4 Å². The number of hydrogen-bond donors (Lipinski definition) is 1. The van der Waals surface area contributed by atoms with Crippen molar-refractivity contribution in [2.45, 2.75) is 44.4 Å². The molecule has 0 unspecified atom stereocenters. The zero-order chi connectivity index (χ0) is 18.4. The van der Waals surface area contributed by atoms with E-state index in [1.54, 1.807) is 12.1 Å². The van der Waals surface area contributed by atoms with Crippen molar-refractivity contribution in [3.05, 3.63) is 59.7 Å². The Morgan fingerprint density at radius 3 is 2.16 bits per heavy atom. The van der Waals surface area contributed by atoms with Crippen molar-refractivity contribution in [1.82, 2.24) is 4.72 Å². The number of rotatable bonds is 8. The van der Waals surface area contributed by atoms with Gasteiger partial charge in [0.2, 0.25) is 10.0 Å². The molecule has 0 radical (unpaired) electrons. The third-order valence-electron chi connectivity index (χ3n) is 4.04. The molecule has 0 saturated carbocycles. The molecule has 0 aliphatic heterocycles. The molecule has 1 N–H and O–H groups in total. The van der Waals surface area contributed by atoms with Gasteiger partial charge in [-0.2, -0.15) is 0 Å². The Hall–Kier alpha value is -1.85. The van der Waals surface area contributed by atoms with Gasteiger partial charge in [-0.25, -0.2) is 13.1 Å². The quantitative estimate of drug-likeness (QED) is 0.714. The molecule has 0 bridgehead atoms. The Kier molecular flexibility index (Phi) is 6.62. The van der Waals surface area contributed by atoms with Crippen LogP contribution < -0.4 is 9.46 Å². The second-order valence-corrected chi connectivity index (χ2v) is 8.46. The molecule has 0 atom stereocenters. The molecule has 0 aliphatic rings. The Morgan fingerprint density at radius 2 is 1.56 bits per heavy atom. The van der Waals surface area contributed by atoms with Gasteiger partial charge in [0.1, 0.15) is 12.4 Å². The predicted octanol–water partition coefficient (Wildman–Crippen LogP) is 4.29. The molecule has 4 nitrogen and oxygen atoms in total. The Morgan fingerprint density at radius 1 is 0.920 bits per heavy atom. The van der Waals surface area contributed by atoms with Crippen LogP contribution >= 0.6 is 0 Å². The maximum Gasteiger partial charge on any atom is 0.240 e. The molecule has 0 spiro atoms. The van der Waals surface area contributed by atoms with Gasteiger partial charge in [-0.1, -0.05) is 52.0 Å². The third kappa shape index (κ3) is 5.58. The zero-order valence-corrected chi connectivity index (χ0v) is 16.1. The van der Waals surface area contributed by atoms with E-state index in [1.165, 1.54) is 5.56 Å². The Labute approximate surface area is 151 Å². The normalized spacial score (nSPS) is 11.9. The van der Waals surface area contributed by atoms with Crippen LogP contribution in [0.1, 0.15) is 50.7 Å². The summed E-state index contributed by atoms with van der Waals surface area (Å²) in [5.74, 6) is 1.56. The number of sulfonamides is 1. The fourth-order valence-electron chi connectivity index (χ4n) is 2.42. The summed E-state index contributed by atoms with van der Waals surface area (Å²) in [5.41, 5.74) is 2.32. The summed E-state index contributed by atoms with van der Waals surface area (Å²) < 4.78 is 32.8. The standard InChI is InChI=1S/C20H27NO3S/c1-15(2)17-8-10-20(11-9-17)25(22,23)21-12-13-24-19-7-5-6-18(14-19)16(3)4/h5-11,14-16,21H,12-13H2,1-4H3. The number of ether oxygens (including phenoxy) is 1. The Balaban J connectivity index is 1.89. The largest absolute Gasteiger partial charge is 0.492 e. The molecule has 136 valence electrons. The highest BCUT2D eigenvalue weighted by Crippen LogP contribution is 2.20.